The number of sulfone groups is 1. The van der Waals surface area contributed by atoms with Gasteiger partial charge in [0, 0.05) is 30.6 Å². The molecule has 0 fully saturated rings. The number of likely N-dealkylation sites (N-methyl/N-ethyl adjacent to an activating group) is 1. The maximum absolute atomic E-state index is 11.7. The predicted octanol–water partition coefficient (Wildman–Crippen LogP) is 1.34. The average Bonchev–Trinajstić information content (AvgIpc) is 2.29. The van der Waals surface area contributed by atoms with Gasteiger partial charge >= 0.3 is 0 Å². The SMILES string of the molecule is CCNC(Cc1ncccc1C)C(C)S(C)(=O)=O. The minimum atomic E-state index is -3.05. The van der Waals surface area contributed by atoms with Gasteiger partial charge in [-0.3, -0.25) is 4.98 Å². The normalized spacial score (nSPS) is 15.3. The van der Waals surface area contributed by atoms with E-state index in [0.29, 0.717) is 6.42 Å². The van der Waals surface area contributed by atoms with Gasteiger partial charge in [-0.05, 0) is 32.0 Å². The highest BCUT2D eigenvalue weighted by atomic mass is 32.2. The van der Waals surface area contributed by atoms with Crippen molar-refractivity contribution in [3.05, 3.63) is 29.6 Å². The molecule has 1 rings (SSSR count). The van der Waals surface area contributed by atoms with Crippen LogP contribution in [0.5, 0.6) is 0 Å². The second-order valence-corrected chi connectivity index (χ2v) is 7.07. The Morgan fingerprint density at radius 1 is 1.44 bits per heavy atom. The van der Waals surface area contributed by atoms with Gasteiger partial charge in [0.1, 0.15) is 0 Å². The number of pyridine rings is 1. The summed E-state index contributed by atoms with van der Waals surface area (Å²) in [5, 5.41) is 2.83. The summed E-state index contributed by atoms with van der Waals surface area (Å²) in [4.78, 5) is 4.33. The molecule has 0 spiro atoms. The number of hydrogen-bond acceptors (Lipinski definition) is 4. The summed E-state index contributed by atoms with van der Waals surface area (Å²) in [5.41, 5.74) is 2.06. The van der Waals surface area contributed by atoms with Crippen molar-refractivity contribution in [3.63, 3.8) is 0 Å². The third-order valence-electron chi connectivity index (χ3n) is 3.24. The number of nitrogens with zero attached hydrogens (tertiary/aromatic N) is 1. The van der Waals surface area contributed by atoms with E-state index in [1.165, 1.54) is 6.26 Å². The third-order valence-corrected chi connectivity index (χ3v) is 4.92. The van der Waals surface area contributed by atoms with Crippen LogP contribution in [0, 0.1) is 6.92 Å². The molecule has 1 heterocycles. The van der Waals surface area contributed by atoms with Gasteiger partial charge in [0.25, 0.3) is 0 Å². The maximum atomic E-state index is 11.7. The molecule has 1 aromatic heterocycles. The predicted molar refractivity (Wildman–Crippen MR) is 74.4 cm³/mol. The van der Waals surface area contributed by atoms with Gasteiger partial charge in [0.05, 0.1) is 5.25 Å². The van der Waals surface area contributed by atoms with E-state index >= 15 is 0 Å². The highest BCUT2D eigenvalue weighted by Crippen LogP contribution is 2.12. The molecule has 4 nitrogen and oxygen atoms in total. The lowest BCUT2D eigenvalue weighted by Crippen LogP contribution is -2.44. The molecule has 0 amide bonds. The Hall–Kier alpha value is -0.940. The van der Waals surface area contributed by atoms with Gasteiger partial charge in [-0.1, -0.05) is 13.0 Å². The minimum Gasteiger partial charge on any atom is -0.313 e. The van der Waals surface area contributed by atoms with Crippen LogP contribution < -0.4 is 5.32 Å². The van der Waals surface area contributed by atoms with Crippen LogP contribution >= 0.6 is 0 Å². The molecule has 1 N–H and O–H groups in total. The first-order valence-electron chi connectivity index (χ1n) is 6.19. The molecule has 0 saturated heterocycles. The lowest BCUT2D eigenvalue weighted by molar-refractivity contribution is 0.489. The molecule has 1 aromatic rings. The van der Waals surface area contributed by atoms with Crippen LogP contribution in [0.15, 0.2) is 18.3 Å². The summed E-state index contributed by atoms with van der Waals surface area (Å²) in [6.07, 6.45) is 3.67. The number of nitrogens with one attached hydrogen (secondary N) is 1. The number of rotatable bonds is 6. The Kier molecular flexibility index (Phi) is 5.28. The Morgan fingerprint density at radius 2 is 2.11 bits per heavy atom. The van der Waals surface area contributed by atoms with Crippen molar-refractivity contribution in [2.45, 2.75) is 38.5 Å². The maximum Gasteiger partial charge on any atom is 0.151 e. The molecular weight excluding hydrogens is 248 g/mol. The van der Waals surface area contributed by atoms with E-state index in [0.717, 1.165) is 17.8 Å². The zero-order valence-electron chi connectivity index (χ0n) is 11.5. The highest BCUT2D eigenvalue weighted by molar-refractivity contribution is 7.91. The second-order valence-electron chi connectivity index (χ2n) is 4.67. The van der Waals surface area contributed by atoms with Crippen molar-refractivity contribution in [2.24, 2.45) is 0 Å². The summed E-state index contributed by atoms with van der Waals surface area (Å²) in [7, 11) is -3.05. The van der Waals surface area contributed by atoms with E-state index in [2.05, 4.69) is 10.3 Å². The van der Waals surface area contributed by atoms with Gasteiger partial charge in [-0.15, -0.1) is 0 Å². The zero-order chi connectivity index (χ0) is 13.8. The van der Waals surface area contributed by atoms with Crippen LogP contribution in [0.25, 0.3) is 0 Å². The molecule has 0 aromatic carbocycles. The van der Waals surface area contributed by atoms with Crippen molar-refractivity contribution in [2.75, 3.05) is 12.8 Å². The van der Waals surface area contributed by atoms with Crippen LogP contribution in [0.4, 0.5) is 0 Å². The van der Waals surface area contributed by atoms with E-state index in [9.17, 15) is 8.42 Å². The van der Waals surface area contributed by atoms with E-state index in [1.54, 1.807) is 13.1 Å². The van der Waals surface area contributed by atoms with Crippen LogP contribution in [0.1, 0.15) is 25.1 Å². The molecule has 2 unspecified atom stereocenters. The molecule has 102 valence electrons. The Morgan fingerprint density at radius 3 is 2.61 bits per heavy atom. The standard InChI is InChI=1S/C13H22N2O2S/c1-5-14-13(11(3)18(4,16)17)9-12-10(2)7-6-8-15-12/h6-8,11,13-14H,5,9H2,1-4H3. The number of aryl methyl sites for hydroxylation is 1. The summed E-state index contributed by atoms with van der Waals surface area (Å²) in [5.74, 6) is 0. The first-order chi connectivity index (χ1) is 8.36. The Labute approximate surface area is 110 Å². The van der Waals surface area contributed by atoms with Crippen molar-refractivity contribution < 1.29 is 8.42 Å². The highest BCUT2D eigenvalue weighted by Gasteiger charge is 2.26. The summed E-state index contributed by atoms with van der Waals surface area (Å²) >= 11 is 0. The Balaban J connectivity index is 2.91. The van der Waals surface area contributed by atoms with E-state index < -0.39 is 15.1 Å². The monoisotopic (exact) mass is 270 g/mol. The molecular formula is C13H22N2O2S. The van der Waals surface area contributed by atoms with Gasteiger partial charge in [-0.2, -0.15) is 0 Å². The zero-order valence-corrected chi connectivity index (χ0v) is 12.3. The van der Waals surface area contributed by atoms with Gasteiger partial charge in [0.15, 0.2) is 9.84 Å². The molecule has 0 radical (unpaired) electrons. The van der Waals surface area contributed by atoms with Crippen molar-refractivity contribution in [1.82, 2.24) is 10.3 Å². The first-order valence-corrected chi connectivity index (χ1v) is 8.14. The topological polar surface area (TPSA) is 59.1 Å². The van der Waals surface area contributed by atoms with Crippen molar-refractivity contribution in [3.8, 4) is 0 Å². The van der Waals surface area contributed by atoms with E-state index in [-0.39, 0.29) is 6.04 Å². The number of hydrogen-bond donors (Lipinski definition) is 1. The second kappa shape index (κ2) is 6.29. The molecule has 0 aliphatic heterocycles. The molecule has 2 atom stereocenters. The van der Waals surface area contributed by atoms with Gasteiger partial charge in [0.2, 0.25) is 0 Å². The van der Waals surface area contributed by atoms with Gasteiger partial charge < -0.3 is 5.32 Å². The molecule has 0 saturated carbocycles. The molecule has 0 bridgehead atoms. The van der Waals surface area contributed by atoms with Crippen LogP contribution in [0.3, 0.4) is 0 Å². The fourth-order valence-corrected chi connectivity index (χ4v) is 2.69. The number of aromatic nitrogens is 1. The quantitative estimate of drug-likeness (QED) is 0.847. The third kappa shape index (κ3) is 4.07. The first kappa shape index (κ1) is 15.1. The fourth-order valence-electron chi connectivity index (χ4n) is 1.91. The van der Waals surface area contributed by atoms with E-state index in [4.69, 9.17) is 0 Å². The molecule has 18 heavy (non-hydrogen) atoms. The van der Waals surface area contributed by atoms with Crippen molar-refractivity contribution >= 4 is 9.84 Å². The Bertz CT molecular complexity index is 486. The lowest BCUT2D eigenvalue weighted by atomic mass is 10.0. The minimum absolute atomic E-state index is 0.0985. The van der Waals surface area contributed by atoms with Crippen LogP contribution in [-0.2, 0) is 16.3 Å². The van der Waals surface area contributed by atoms with Crippen LogP contribution in [0.2, 0.25) is 0 Å². The lowest BCUT2D eigenvalue weighted by Gasteiger charge is -2.23. The fraction of sp³-hybridized carbons (Fsp3) is 0.615. The molecule has 0 aliphatic carbocycles. The summed E-state index contributed by atoms with van der Waals surface area (Å²) in [6, 6.07) is 3.79. The van der Waals surface area contributed by atoms with Crippen molar-refractivity contribution in [1.29, 1.82) is 0 Å². The summed E-state index contributed by atoms with van der Waals surface area (Å²) in [6.45, 7) is 6.47. The molecule has 0 aliphatic rings. The van der Waals surface area contributed by atoms with Crippen LogP contribution in [-0.4, -0.2) is 37.5 Å². The summed E-state index contributed by atoms with van der Waals surface area (Å²) < 4.78 is 23.3. The smallest absolute Gasteiger partial charge is 0.151 e. The van der Waals surface area contributed by atoms with E-state index in [1.807, 2.05) is 26.0 Å². The van der Waals surface area contributed by atoms with Gasteiger partial charge in [-0.25, -0.2) is 8.42 Å². The largest absolute Gasteiger partial charge is 0.313 e. The average molecular weight is 270 g/mol. The molecule has 5 heteroatoms.